The van der Waals surface area contributed by atoms with Crippen LogP contribution in [0, 0.1) is 0 Å². The van der Waals surface area contributed by atoms with E-state index in [2.05, 4.69) is 15.8 Å². The van der Waals surface area contributed by atoms with E-state index in [0.717, 1.165) is 25.7 Å². The number of hydrogen-bond donors (Lipinski definition) is 3. The van der Waals surface area contributed by atoms with E-state index in [1.165, 1.54) is 18.6 Å². The lowest BCUT2D eigenvalue weighted by atomic mass is 9.95. The zero-order valence-electron chi connectivity index (χ0n) is 13.3. The van der Waals surface area contributed by atoms with Gasteiger partial charge in [-0.05, 0) is 38.0 Å². The fourth-order valence-electron chi connectivity index (χ4n) is 2.66. The van der Waals surface area contributed by atoms with Crippen molar-refractivity contribution in [3.63, 3.8) is 0 Å². The first kappa shape index (κ1) is 17.0. The fourth-order valence-corrected chi connectivity index (χ4v) is 2.66. The van der Waals surface area contributed by atoms with Crippen LogP contribution in [0.4, 0.5) is 0 Å². The van der Waals surface area contributed by atoms with Crippen molar-refractivity contribution in [1.29, 1.82) is 0 Å². The number of rotatable bonds is 5. The molecule has 0 radical (unpaired) electrons. The second-order valence-electron chi connectivity index (χ2n) is 5.92. The molecule has 6 heteroatoms. The molecule has 0 atom stereocenters. The summed E-state index contributed by atoms with van der Waals surface area (Å²) in [7, 11) is 0. The molecule has 1 aliphatic carbocycles. The molecule has 2 rings (SSSR count). The summed E-state index contributed by atoms with van der Waals surface area (Å²) in [5.74, 6) is -0.470. The summed E-state index contributed by atoms with van der Waals surface area (Å²) in [4.78, 5) is 23.8. The number of amides is 2. The van der Waals surface area contributed by atoms with Crippen molar-refractivity contribution in [2.75, 3.05) is 0 Å². The highest BCUT2D eigenvalue weighted by atomic mass is 16.3. The minimum atomic E-state index is -0.423. The van der Waals surface area contributed by atoms with Crippen molar-refractivity contribution in [3.05, 3.63) is 29.8 Å². The molecule has 0 bridgehead atoms. The number of nitrogens with zero attached hydrogens (tertiary/aromatic N) is 1. The molecule has 2 amide bonds. The predicted molar refractivity (Wildman–Crippen MR) is 88.3 cm³/mol. The van der Waals surface area contributed by atoms with Crippen LogP contribution in [0.5, 0.6) is 5.75 Å². The van der Waals surface area contributed by atoms with Gasteiger partial charge in [0.2, 0.25) is 5.91 Å². The lowest BCUT2D eigenvalue weighted by Gasteiger charge is -2.22. The lowest BCUT2D eigenvalue weighted by Crippen LogP contribution is -2.37. The van der Waals surface area contributed by atoms with E-state index in [4.69, 9.17) is 0 Å². The number of carbonyl (C=O) groups excluding carboxylic acids is 2. The summed E-state index contributed by atoms with van der Waals surface area (Å²) in [6.45, 7) is 1.70. The summed E-state index contributed by atoms with van der Waals surface area (Å²) in [5, 5.41) is 16.3. The highest BCUT2D eigenvalue weighted by Crippen LogP contribution is 2.17. The summed E-state index contributed by atoms with van der Waals surface area (Å²) in [5.41, 5.74) is 3.24. The van der Waals surface area contributed by atoms with Gasteiger partial charge in [0.1, 0.15) is 5.75 Å². The molecule has 6 nitrogen and oxygen atoms in total. The average Bonchev–Trinajstić information content (AvgIpc) is 2.53. The highest BCUT2D eigenvalue weighted by molar-refractivity contribution is 6.01. The van der Waals surface area contributed by atoms with Gasteiger partial charge in [-0.1, -0.05) is 25.3 Å². The van der Waals surface area contributed by atoms with Gasteiger partial charge in [-0.25, -0.2) is 5.43 Å². The number of nitrogens with one attached hydrogen (secondary N) is 2. The van der Waals surface area contributed by atoms with Crippen molar-refractivity contribution in [2.24, 2.45) is 5.10 Å². The Kier molecular flexibility index (Phi) is 6.14. The first-order chi connectivity index (χ1) is 11.0. The summed E-state index contributed by atoms with van der Waals surface area (Å²) < 4.78 is 0. The zero-order chi connectivity index (χ0) is 16.7. The van der Waals surface area contributed by atoms with E-state index in [0.29, 0.717) is 11.3 Å². The molecule has 0 aromatic heterocycles. The van der Waals surface area contributed by atoms with E-state index in [-0.39, 0.29) is 24.1 Å². The Hall–Kier alpha value is -2.37. The molecule has 1 aliphatic rings. The molecule has 1 aromatic carbocycles. The molecule has 0 spiro atoms. The average molecular weight is 317 g/mol. The fraction of sp³-hybridized carbons (Fsp3) is 0.471. The molecule has 3 N–H and O–H groups in total. The van der Waals surface area contributed by atoms with Crippen molar-refractivity contribution < 1.29 is 14.7 Å². The van der Waals surface area contributed by atoms with Gasteiger partial charge in [-0.15, -0.1) is 0 Å². The summed E-state index contributed by atoms with van der Waals surface area (Å²) >= 11 is 0. The number of hydrogen-bond acceptors (Lipinski definition) is 4. The Balaban J connectivity index is 1.80. The molecule has 0 aliphatic heterocycles. The van der Waals surface area contributed by atoms with Crippen molar-refractivity contribution in [3.8, 4) is 5.75 Å². The molecule has 0 heterocycles. The third-order valence-electron chi connectivity index (χ3n) is 3.84. The molecular formula is C17H23N3O3. The number of carbonyl (C=O) groups is 2. The van der Waals surface area contributed by atoms with E-state index in [1.807, 2.05) is 0 Å². The lowest BCUT2D eigenvalue weighted by molar-refractivity contribution is -0.120. The zero-order valence-corrected chi connectivity index (χ0v) is 13.3. The number of phenols is 1. The first-order valence-corrected chi connectivity index (χ1v) is 7.96. The van der Waals surface area contributed by atoms with Gasteiger partial charge < -0.3 is 10.4 Å². The van der Waals surface area contributed by atoms with Crippen LogP contribution in [0.15, 0.2) is 29.4 Å². The summed E-state index contributed by atoms with van der Waals surface area (Å²) in [6, 6.07) is 6.27. The number of hydrazone groups is 1. The van der Waals surface area contributed by atoms with E-state index in [9.17, 15) is 14.7 Å². The van der Waals surface area contributed by atoms with Gasteiger partial charge in [0, 0.05) is 17.3 Å². The second kappa shape index (κ2) is 8.31. The minimum Gasteiger partial charge on any atom is -0.508 e. The predicted octanol–water partition coefficient (Wildman–Crippen LogP) is 2.34. The first-order valence-electron chi connectivity index (χ1n) is 7.96. The van der Waals surface area contributed by atoms with Crippen LogP contribution in [0.25, 0.3) is 0 Å². The molecular weight excluding hydrogens is 294 g/mol. The van der Waals surface area contributed by atoms with Gasteiger partial charge in [0.15, 0.2) is 0 Å². The van der Waals surface area contributed by atoms with Crippen LogP contribution in [0.3, 0.4) is 0 Å². The van der Waals surface area contributed by atoms with Crippen molar-refractivity contribution in [2.45, 2.75) is 51.5 Å². The Morgan fingerprint density at radius 1 is 1.26 bits per heavy atom. The van der Waals surface area contributed by atoms with Crippen LogP contribution in [0.1, 0.15) is 55.8 Å². The largest absolute Gasteiger partial charge is 0.508 e. The van der Waals surface area contributed by atoms with Gasteiger partial charge in [0.05, 0.1) is 6.42 Å². The second-order valence-corrected chi connectivity index (χ2v) is 5.92. The van der Waals surface area contributed by atoms with Crippen molar-refractivity contribution >= 4 is 17.5 Å². The maximum Gasteiger partial charge on any atom is 0.271 e. The Morgan fingerprint density at radius 2 is 2.00 bits per heavy atom. The normalized spacial score (nSPS) is 16.0. The SMILES string of the molecule is C/C(CC(=O)NC1CCCCC1)=N\NC(=O)c1cccc(O)c1. The van der Waals surface area contributed by atoms with Gasteiger partial charge in [-0.2, -0.15) is 5.10 Å². The summed E-state index contributed by atoms with van der Waals surface area (Å²) in [6.07, 6.45) is 5.81. The van der Waals surface area contributed by atoms with Crippen LogP contribution >= 0.6 is 0 Å². The van der Waals surface area contributed by atoms with Gasteiger partial charge >= 0.3 is 0 Å². The molecule has 0 unspecified atom stereocenters. The quantitative estimate of drug-likeness (QED) is 0.575. The number of aromatic hydroxyl groups is 1. The van der Waals surface area contributed by atoms with Crippen LogP contribution in [-0.4, -0.2) is 28.7 Å². The molecule has 0 saturated heterocycles. The van der Waals surface area contributed by atoms with E-state index >= 15 is 0 Å². The van der Waals surface area contributed by atoms with E-state index < -0.39 is 5.91 Å². The number of benzene rings is 1. The van der Waals surface area contributed by atoms with E-state index in [1.54, 1.807) is 19.1 Å². The van der Waals surface area contributed by atoms with Gasteiger partial charge in [0.25, 0.3) is 5.91 Å². The maximum absolute atomic E-state index is 11.9. The van der Waals surface area contributed by atoms with Crippen molar-refractivity contribution in [1.82, 2.24) is 10.7 Å². The van der Waals surface area contributed by atoms with Crippen LogP contribution < -0.4 is 10.7 Å². The highest BCUT2D eigenvalue weighted by Gasteiger charge is 2.16. The molecule has 23 heavy (non-hydrogen) atoms. The molecule has 1 saturated carbocycles. The molecule has 1 fully saturated rings. The van der Waals surface area contributed by atoms with Crippen LogP contribution in [0.2, 0.25) is 0 Å². The smallest absolute Gasteiger partial charge is 0.271 e. The Bertz CT molecular complexity index is 593. The third-order valence-corrected chi connectivity index (χ3v) is 3.84. The standard InChI is InChI=1S/C17H23N3O3/c1-12(10-16(22)18-14-7-3-2-4-8-14)19-20-17(23)13-6-5-9-15(21)11-13/h5-6,9,11,14,21H,2-4,7-8,10H2,1H3,(H,18,22)(H,20,23)/b19-12+. The monoisotopic (exact) mass is 317 g/mol. The maximum atomic E-state index is 11.9. The van der Waals surface area contributed by atoms with Gasteiger partial charge in [-0.3, -0.25) is 9.59 Å². The Labute approximate surface area is 136 Å². The third kappa shape index (κ3) is 5.73. The van der Waals surface area contributed by atoms with Crippen LogP contribution in [-0.2, 0) is 4.79 Å². The minimum absolute atomic E-state index is 0.0187. The molecule has 124 valence electrons. The topological polar surface area (TPSA) is 90.8 Å². The number of phenolic OH excluding ortho intramolecular Hbond substituents is 1. The Morgan fingerprint density at radius 3 is 2.70 bits per heavy atom. The molecule has 1 aromatic rings.